The summed E-state index contributed by atoms with van der Waals surface area (Å²) in [4.78, 5) is 12.4. The Balaban J connectivity index is 2.49. The fourth-order valence-corrected chi connectivity index (χ4v) is 3.19. The van der Waals surface area contributed by atoms with E-state index >= 15 is 0 Å². The number of ether oxygens (including phenoxy) is 2. The molecule has 21 heavy (non-hydrogen) atoms. The van der Waals surface area contributed by atoms with Gasteiger partial charge in [0, 0.05) is 19.8 Å². The summed E-state index contributed by atoms with van der Waals surface area (Å²) in [5, 5.41) is 0. The number of benzene rings is 1. The second-order valence-corrected chi connectivity index (χ2v) is 7.20. The molecule has 0 spiro atoms. The molecule has 0 amide bonds. The lowest BCUT2D eigenvalue weighted by Gasteiger charge is -2.42. The predicted molar refractivity (Wildman–Crippen MR) is 83.9 cm³/mol. The van der Waals surface area contributed by atoms with Crippen molar-refractivity contribution in [2.75, 3.05) is 14.2 Å². The lowest BCUT2D eigenvalue weighted by molar-refractivity contribution is -0.0742. The molecule has 1 aliphatic carbocycles. The fourth-order valence-electron chi connectivity index (χ4n) is 3.19. The molecular weight excluding hydrogens is 264 g/mol. The molecule has 0 saturated carbocycles. The summed E-state index contributed by atoms with van der Waals surface area (Å²) in [7, 11) is 2.97. The van der Waals surface area contributed by atoms with E-state index in [0.717, 1.165) is 6.42 Å². The van der Waals surface area contributed by atoms with Crippen LogP contribution < -0.4 is 0 Å². The Labute approximate surface area is 127 Å². The standard InChI is InChI=1S/C18H26O3/c1-17(2)9-10-18(3,4)14-11-12(7-8-13(14)17)15(19)16(20-5)21-6/h7-8,11,16H,9-10H2,1-6H3. The Morgan fingerprint density at radius 3 is 2.05 bits per heavy atom. The van der Waals surface area contributed by atoms with Crippen LogP contribution >= 0.6 is 0 Å². The summed E-state index contributed by atoms with van der Waals surface area (Å²) in [6.07, 6.45) is 1.46. The molecule has 1 aliphatic rings. The minimum Gasteiger partial charge on any atom is -0.349 e. The first kappa shape index (κ1) is 16.2. The summed E-state index contributed by atoms with van der Waals surface area (Å²) < 4.78 is 10.2. The molecule has 0 fully saturated rings. The molecule has 2 rings (SSSR count). The number of fused-ring (bicyclic) bond motifs is 1. The summed E-state index contributed by atoms with van der Waals surface area (Å²) >= 11 is 0. The molecule has 1 aromatic carbocycles. The number of Topliss-reactive ketones (excluding diaryl/α,β-unsaturated/α-hetero) is 1. The van der Waals surface area contributed by atoms with Gasteiger partial charge in [0.15, 0.2) is 0 Å². The topological polar surface area (TPSA) is 35.5 Å². The fraction of sp³-hybridized carbons (Fsp3) is 0.611. The van der Waals surface area contributed by atoms with Gasteiger partial charge in [0.1, 0.15) is 0 Å². The van der Waals surface area contributed by atoms with Crippen LogP contribution in [0.25, 0.3) is 0 Å². The average molecular weight is 290 g/mol. The lowest BCUT2D eigenvalue weighted by atomic mass is 9.63. The van der Waals surface area contributed by atoms with Gasteiger partial charge in [-0.15, -0.1) is 0 Å². The van der Waals surface area contributed by atoms with E-state index in [2.05, 4.69) is 33.8 Å². The highest BCUT2D eigenvalue weighted by Gasteiger charge is 2.37. The number of ketones is 1. The molecular formula is C18H26O3. The van der Waals surface area contributed by atoms with Crippen molar-refractivity contribution in [1.29, 1.82) is 0 Å². The third kappa shape index (κ3) is 2.90. The highest BCUT2D eigenvalue weighted by Crippen LogP contribution is 2.45. The van der Waals surface area contributed by atoms with E-state index in [0.29, 0.717) is 5.56 Å². The van der Waals surface area contributed by atoms with Gasteiger partial charge in [-0.05, 0) is 40.9 Å². The molecule has 3 heteroatoms. The molecule has 1 aromatic rings. The van der Waals surface area contributed by atoms with E-state index in [9.17, 15) is 4.79 Å². The van der Waals surface area contributed by atoms with Gasteiger partial charge < -0.3 is 9.47 Å². The zero-order valence-corrected chi connectivity index (χ0v) is 13.9. The maximum absolute atomic E-state index is 12.4. The largest absolute Gasteiger partial charge is 0.349 e. The van der Waals surface area contributed by atoms with Gasteiger partial charge in [0.2, 0.25) is 12.1 Å². The molecule has 0 saturated heterocycles. The van der Waals surface area contributed by atoms with Crippen LogP contribution in [0.3, 0.4) is 0 Å². The molecule has 0 bridgehead atoms. The van der Waals surface area contributed by atoms with Crippen molar-refractivity contribution >= 4 is 5.78 Å². The van der Waals surface area contributed by atoms with Crippen molar-refractivity contribution in [3.05, 3.63) is 34.9 Å². The Morgan fingerprint density at radius 1 is 1.00 bits per heavy atom. The highest BCUT2D eigenvalue weighted by atomic mass is 16.7. The number of carbonyl (C=O) groups excluding carboxylic acids is 1. The van der Waals surface area contributed by atoms with Crippen molar-refractivity contribution in [2.45, 2.75) is 57.7 Å². The van der Waals surface area contributed by atoms with Gasteiger partial charge in [-0.1, -0.05) is 39.8 Å². The van der Waals surface area contributed by atoms with Gasteiger partial charge in [-0.25, -0.2) is 0 Å². The van der Waals surface area contributed by atoms with Crippen LogP contribution in [0.2, 0.25) is 0 Å². The molecule has 0 aromatic heterocycles. The summed E-state index contributed by atoms with van der Waals surface area (Å²) in [5.74, 6) is -0.123. The van der Waals surface area contributed by atoms with Crippen LogP contribution in [0.5, 0.6) is 0 Å². The van der Waals surface area contributed by atoms with Crippen LogP contribution in [-0.4, -0.2) is 26.3 Å². The van der Waals surface area contributed by atoms with Crippen molar-refractivity contribution in [1.82, 2.24) is 0 Å². The molecule has 0 unspecified atom stereocenters. The zero-order chi connectivity index (χ0) is 15.8. The third-order valence-corrected chi connectivity index (χ3v) is 4.78. The van der Waals surface area contributed by atoms with Gasteiger partial charge in [-0.3, -0.25) is 4.79 Å². The number of hydrogen-bond acceptors (Lipinski definition) is 3. The van der Waals surface area contributed by atoms with Gasteiger partial charge in [-0.2, -0.15) is 0 Å². The minimum absolute atomic E-state index is 0.0940. The summed E-state index contributed by atoms with van der Waals surface area (Å²) in [5.41, 5.74) is 3.54. The summed E-state index contributed by atoms with van der Waals surface area (Å²) in [6, 6.07) is 6.03. The van der Waals surface area contributed by atoms with Crippen molar-refractivity contribution in [3.8, 4) is 0 Å². The van der Waals surface area contributed by atoms with E-state index in [1.54, 1.807) is 0 Å². The monoisotopic (exact) mass is 290 g/mol. The molecule has 0 aliphatic heterocycles. The normalized spacial score (nSPS) is 19.4. The van der Waals surface area contributed by atoms with Crippen molar-refractivity contribution in [2.24, 2.45) is 0 Å². The predicted octanol–water partition coefficient (Wildman–Crippen LogP) is 3.84. The molecule has 0 heterocycles. The van der Waals surface area contributed by atoms with Crippen LogP contribution in [-0.2, 0) is 20.3 Å². The Morgan fingerprint density at radius 2 is 1.52 bits per heavy atom. The number of carbonyl (C=O) groups is 1. The Kier molecular flexibility index (Phi) is 4.27. The van der Waals surface area contributed by atoms with Crippen molar-refractivity contribution in [3.63, 3.8) is 0 Å². The highest BCUT2D eigenvalue weighted by molar-refractivity contribution is 5.99. The molecule has 116 valence electrons. The van der Waals surface area contributed by atoms with E-state index in [4.69, 9.17) is 9.47 Å². The molecule has 3 nitrogen and oxygen atoms in total. The van der Waals surface area contributed by atoms with E-state index in [1.165, 1.54) is 31.8 Å². The lowest BCUT2D eigenvalue weighted by Crippen LogP contribution is -2.34. The van der Waals surface area contributed by atoms with Crippen molar-refractivity contribution < 1.29 is 14.3 Å². The Hall–Kier alpha value is -1.19. The van der Waals surface area contributed by atoms with Gasteiger partial charge in [0.25, 0.3) is 0 Å². The minimum atomic E-state index is -0.831. The van der Waals surface area contributed by atoms with Crippen LogP contribution in [0.4, 0.5) is 0 Å². The smallest absolute Gasteiger partial charge is 0.222 e. The van der Waals surface area contributed by atoms with Gasteiger partial charge >= 0.3 is 0 Å². The average Bonchev–Trinajstić information content (AvgIpc) is 2.45. The van der Waals surface area contributed by atoms with Gasteiger partial charge in [0.05, 0.1) is 0 Å². The second-order valence-electron chi connectivity index (χ2n) is 7.20. The zero-order valence-electron chi connectivity index (χ0n) is 13.9. The first-order valence-electron chi connectivity index (χ1n) is 7.48. The van der Waals surface area contributed by atoms with E-state index in [-0.39, 0.29) is 16.6 Å². The summed E-state index contributed by atoms with van der Waals surface area (Å²) in [6.45, 7) is 9.05. The molecule has 0 atom stereocenters. The Bertz CT molecular complexity index is 539. The van der Waals surface area contributed by atoms with Crippen LogP contribution in [0, 0.1) is 0 Å². The third-order valence-electron chi connectivity index (χ3n) is 4.78. The first-order chi connectivity index (χ1) is 9.73. The molecule has 0 N–H and O–H groups in total. The first-order valence-corrected chi connectivity index (χ1v) is 7.48. The van der Waals surface area contributed by atoms with Crippen LogP contribution in [0.15, 0.2) is 18.2 Å². The van der Waals surface area contributed by atoms with E-state index < -0.39 is 6.29 Å². The van der Waals surface area contributed by atoms with E-state index in [1.807, 2.05) is 12.1 Å². The SMILES string of the molecule is COC(OC)C(=O)c1ccc2c(c1)C(C)(C)CCC2(C)C. The molecule has 0 radical (unpaired) electrons. The maximum atomic E-state index is 12.4. The van der Waals surface area contributed by atoms with Crippen LogP contribution in [0.1, 0.15) is 62.0 Å². The number of rotatable bonds is 4. The number of methoxy groups -OCH3 is 2. The maximum Gasteiger partial charge on any atom is 0.222 e. The number of hydrogen-bond donors (Lipinski definition) is 0. The quantitative estimate of drug-likeness (QED) is 0.624. The second kappa shape index (κ2) is 5.54.